The second kappa shape index (κ2) is 5.32. The number of ether oxygens (including phenoxy) is 1. The summed E-state index contributed by atoms with van der Waals surface area (Å²) in [7, 11) is 1.73. The van der Waals surface area contributed by atoms with Gasteiger partial charge in [0.05, 0.1) is 0 Å². The van der Waals surface area contributed by atoms with E-state index in [-0.39, 0.29) is 5.41 Å². The molecular weight excluding hydrogens is 210 g/mol. The molecule has 0 aliphatic heterocycles. The minimum atomic E-state index is 0.217. The Hall–Kier alpha value is -0.810. The summed E-state index contributed by atoms with van der Waals surface area (Å²) in [6.07, 6.45) is 1.03. The lowest BCUT2D eigenvalue weighted by Gasteiger charge is -2.24. The van der Waals surface area contributed by atoms with Gasteiger partial charge in [0.2, 0.25) is 0 Å². The standard InChI is InChI=1S/C10H19N3OS/c1-10(2,4-5-14-3)7-12-9-6-8(11)13-15-9/h6,12H,4-5,7H2,1-3H3,(H2,11,13). The Morgan fingerprint density at radius 1 is 1.60 bits per heavy atom. The monoisotopic (exact) mass is 229 g/mol. The Morgan fingerprint density at radius 2 is 2.33 bits per heavy atom. The van der Waals surface area contributed by atoms with Crippen LogP contribution < -0.4 is 11.1 Å². The maximum absolute atomic E-state index is 5.54. The number of nitrogens with zero attached hydrogens (tertiary/aromatic N) is 1. The number of nitrogen functional groups attached to an aromatic ring is 1. The van der Waals surface area contributed by atoms with Gasteiger partial charge in [-0.2, -0.15) is 4.37 Å². The number of nitrogens with two attached hydrogens (primary N) is 1. The number of aromatic nitrogens is 1. The van der Waals surface area contributed by atoms with Gasteiger partial charge in [0.1, 0.15) is 10.8 Å². The maximum Gasteiger partial charge on any atom is 0.139 e. The van der Waals surface area contributed by atoms with Crippen LogP contribution in [0, 0.1) is 5.41 Å². The second-order valence-electron chi connectivity index (χ2n) is 4.38. The van der Waals surface area contributed by atoms with E-state index in [1.165, 1.54) is 11.5 Å². The van der Waals surface area contributed by atoms with Crippen molar-refractivity contribution < 1.29 is 4.74 Å². The average Bonchev–Trinajstić information content (AvgIpc) is 2.59. The van der Waals surface area contributed by atoms with E-state index in [0.29, 0.717) is 5.82 Å². The van der Waals surface area contributed by atoms with E-state index < -0.39 is 0 Å². The lowest BCUT2D eigenvalue weighted by Crippen LogP contribution is -2.24. The topological polar surface area (TPSA) is 60.2 Å². The molecule has 0 aliphatic rings. The van der Waals surface area contributed by atoms with Crippen molar-refractivity contribution in [1.82, 2.24) is 4.37 Å². The summed E-state index contributed by atoms with van der Waals surface area (Å²) in [5.74, 6) is 0.581. The zero-order chi connectivity index (χ0) is 11.3. The van der Waals surface area contributed by atoms with Crippen LogP contribution in [0.1, 0.15) is 20.3 Å². The van der Waals surface area contributed by atoms with Crippen molar-refractivity contribution in [2.24, 2.45) is 5.41 Å². The quantitative estimate of drug-likeness (QED) is 0.785. The van der Waals surface area contributed by atoms with Crippen molar-refractivity contribution in [2.75, 3.05) is 31.3 Å². The van der Waals surface area contributed by atoms with E-state index >= 15 is 0 Å². The predicted octanol–water partition coefficient (Wildman–Crippen LogP) is 2.20. The fourth-order valence-corrected chi connectivity index (χ4v) is 1.73. The molecule has 0 unspecified atom stereocenters. The van der Waals surface area contributed by atoms with Crippen LogP contribution in [0.25, 0.3) is 0 Å². The number of anilines is 2. The highest BCUT2D eigenvalue weighted by Gasteiger charge is 2.17. The van der Waals surface area contributed by atoms with Crippen LogP contribution in [0.2, 0.25) is 0 Å². The van der Waals surface area contributed by atoms with E-state index in [1.807, 2.05) is 6.07 Å². The largest absolute Gasteiger partial charge is 0.385 e. The second-order valence-corrected chi connectivity index (χ2v) is 5.18. The third-order valence-electron chi connectivity index (χ3n) is 2.25. The first-order chi connectivity index (χ1) is 7.03. The number of hydrogen-bond donors (Lipinski definition) is 2. The predicted molar refractivity (Wildman–Crippen MR) is 65.3 cm³/mol. The number of rotatable bonds is 6. The van der Waals surface area contributed by atoms with Gasteiger partial charge in [-0.25, -0.2) is 0 Å². The highest BCUT2D eigenvalue weighted by molar-refractivity contribution is 7.10. The molecule has 0 fully saturated rings. The third-order valence-corrected chi connectivity index (χ3v) is 3.01. The molecule has 0 radical (unpaired) electrons. The molecule has 0 saturated heterocycles. The van der Waals surface area contributed by atoms with E-state index in [0.717, 1.165) is 24.6 Å². The highest BCUT2D eigenvalue weighted by Crippen LogP contribution is 2.23. The minimum Gasteiger partial charge on any atom is -0.385 e. The first kappa shape index (κ1) is 12.3. The van der Waals surface area contributed by atoms with Crippen molar-refractivity contribution >= 4 is 22.4 Å². The van der Waals surface area contributed by atoms with Gasteiger partial charge in [-0.05, 0) is 23.4 Å². The Morgan fingerprint density at radius 3 is 2.87 bits per heavy atom. The molecule has 0 spiro atoms. The van der Waals surface area contributed by atoms with Crippen LogP contribution in [0.15, 0.2) is 6.07 Å². The highest BCUT2D eigenvalue weighted by atomic mass is 32.1. The number of methoxy groups -OCH3 is 1. The van der Waals surface area contributed by atoms with Gasteiger partial charge in [0.15, 0.2) is 0 Å². The molecule has 1 heterocycles. The van der Waals surface area contributed by atoms with Crippen LogP contribution >= 0.6 is 11.5 Å². The molecule has 15 heavy (non-hydrogen) atoms. The van der Waals surface area contributed by atoms with Gasteiger partial charge in [0, 0.05) is 26.3 Å². The first-order valence-electron chi connectivity index (χ1n) is 4.98. The molecule has 1 aromatic heterocycles. The summed E-state index contributed by atoms with van der Waals surface area (Å²) < 4.78 is 9.09. The fraction of sp³-hybridized carbons (Fsp3) is 0.700. The Balaban J connectivity index is 2.35. The normalized spacial score (nSPS) is 11.7. The summed E-state index contributed by atoms with van der Waals surface area (Å²) in [6, 6.07) is 1.86. The molecular formula is C10H19N3OS. The van der Waals surface area contributed by atoms with Crippen molar-refractivity contribution in [3.05, 3.63) is 6.07 Å². The summed E-state index contributed by atoms with van der Waals surface area (Å²) in [4.78, 5) is 0. The molecule has 0 amide bonds. The van der Waals surface area contributed by atoms with Crippen LogP contribution in [-0.2, 0) is 4.74 Å². The van der Waals surface area contributed by atoms with Crippen LogP contribution in [0.4, 0.5) is 10.8 Å². The van der Waals surface area contributed by atoms with Gasteiger partial charge in [-0.3, -0.25) is 0 Å². The molecule has 1 aromatic rings. The van der Waals surface area contributed by atoms with E-state index in [4.69, 9.17) is 10.5 Å². The Bertz CT molecular complexity index is 299. The van der Waals surface area contributed by atoms with Gasteiger partial charge >= 0.3 is 0 Å². The van der Waals surface area contributed by atoms with Gasteiger partial charge in [-0.1, -0.05) is 13.8 Å². The fourth-order valence-electron chi connectivity index (χ4n) is 1.17. The van der Waals surface area contributed by atoms with Crippen molar-refractivity contribution in [1.29, 1.82) is 0 Å². The van der Waals surface area contributed by atoms with Gasteiger partial charge in [-0.15, -0.1) is 0 Å². The molecule has 3 N–H and O–H groups in total. The minimum absolute atomic E-state index is 0.217. The van der Waals surface area contributed by atoms with Crippen LogP contribution in [0.5, 0.6) is 0 Å². The molecule has 5 heteroatoms. The van der Waals surface area contributed by atoms with E-state index in [9.17, 15) is 0 Å². The Kier molecular flexibility index (Phi) is 4.35. The van der Waals surface area contributed by atoms with E-state index in [1.54, 1.807) is 7.11 Å². The molecule has 86 valence electrons. The van der Waals surface area contributed by atoms with Crippen molar-refractivity contribution in [3.8, 4) is 0 Å². The smallest absolute Gasteiger partial charge is 0.139 e. The molecule has 0 atom stereocenters. The molecule has 0 bridgehead atoms. The molecule has 4 nitrogen and oxygen atoms in total. The molecule has 0 saturated carbocycles. The summed E-state index contributed by atoms with van der Waals surface area (Å²) in [6.45, 7) is 6.12. The number of hydrogen-bond acceptors (Lipinski definition) is 5. The van der Waals surface area contributed by atoms with Crippen molar-refractivity contribution in [2.45, 2.75) is 20.3 Å². The third kappa shape index (κ3) is 4.48. The zero-order valence-electron chi connectivity index (χ0n) is 9.54. The van der Waals surface area contributed by atoms with Crippen LogP contribution in [0.3, 0.4) is 0 Å². The number of nitrogens with one attached hydrogen (secondary N) is 1. The molecule has 0 aliphatic carbocycles. The van der Waals surface area contributed by atoms with Crippen LogP contribution in [-0.4, -0.2) is 24.6 Å². The lowest BCUT2D eigenvalue weighted by atomic mass is 9.90. The lowest BCUT2D eigenvalue weighted by molar-refractivity contribution is 0.157. The molecule has 1 rings (SSSR count). The average molecular weight is 229 g/mol. The molecule has 0 aromatic carbocycles. The van der Waals surface area contributed by atoms with E-state index in [2.05, 4.69) is 23.5 Å². The summed E-state index contributed by atoms with van der Waals surface area (Å²) >= 11 is 1.40. The SMILES string of the molecule is COCCC(C)(C)CNc1cc(N)ns1. The maximum atomic E-state index is 5.54. The summed E-state index contributed by atoms with van der Waals surface area (Å²) in [5.41, 5.74) is 5.75. The first-order valence-corrected chi connectivity index (χ1v) is 5.76. The van der Waals surface area contributed by atoms with Gasteiger partial charge in [0.25, 0.3) is 0 Å². The van der Waals surface area contributed by atoms with Crippen molar-refractivity contribution in [3.63, 3.8) is 0 Å². The Labute approximate surface area is 95.0 Å². The van der Waals surface area contributed by atoms with Gasteiger partial charge < -0.3 is 15.8 Å². The summed E-state index contributed by atoms with van der Waals surface area (Å²) in [5, 5.41) is 4.36. The zero-order valence-corrected chi connectivity index (χ0v) is 10.4.